The summed E-state index contributed by atoms with van der Waals surface area (Å²) in [5.74, 6) is 0.0434. The number of benzene rings is 1. The minimum Gasteiger partial charge on any atom is -0.292 e. The van der Waals surface area contributed by atoms with E-state index in [1.807, 2.05) is 13.8 Å². The van der Waals surface area contributed by atoms with Gasteiger partial charge in [0.15, 0.2) is 5.78 Å². The molecule has 1 aromatic carbocycles. The first-order chi connectivity index (χ1) is 8.94. The Morgan fingerprint density at radius 2 is 1.79 bits per heavy atom. The van der Waals surface area contributed by atoms with Crippen LogP contribution in [0.25, 0.3) is 0 Å². The lowest BCUT2D eigenvalue weighted by Crippen LogP contribution is -2.52. The zero-order chi connectivity index (χ0) is 14.0. The Bertz CT molecular complexity index is 479. The molecule has 0 atom stereocenters. The molecule has 19 heavy (non-hydrogen) atoms. The standard InChI is InChI=1S/C15H19Cl2NO/c1-15(2,18-9-4-3-5-10-18)14(19)11-7-6-8-12(16)13(11)17/h6-8H,3-5,9-10H2,1-2H3. The summed E-state index contributed by atoms with van der Waals surface area (Å²) in [7, 11) is 0. The van der Waals surface area contributed by atoms with E-state index in [-0.39, 0.29) is 5.78 Å². The second-order valence-electron chi connectivity index (χ2n) is 5.54. The summed E-state index contributed by atoms with van der Waals surface area (Å²) in [6, 6.07) is 5.23. The van der Waals surface area contributed by atoms with Gasteiger partial charge in [0.1, 0.15) is 0 Å². The van der Waals surface area contributed by atoms with Crippen molar-refractivity contribution in [2.24, 2.45) is 0 Å². The topological polar surface area (TPSA) is 20.3 Å². The molecule has 1 heterocycles. The molecule has 1 fully saturated rings. The first kappa shape index (κ1) is 14.8. The largest absolute Gasteiger partial charge is 0.292 e. The molecule has 0 radical (unpaired) electrons. The van der Waals surface area contributed by atoms with E-state index in [1.165, 1.54) is 6.42 Å². The zero-order valence-corrected chi connectivity index (χ0v) is 12.9. The van der Waals surface area contributed by atoms with Crippen LogP contribution in [-0.2, 0) is 0 Å². The maximum Gasteiger partial charge on any atom is 0.184 e. The number of hydrogen-bond acceptors (Lipinski definition) is 2. The van der Waals surface area contributed by atoms with Gasteiger partial charge in [-0.25, -0.2) is 0 Å². The van der Waals surface area contributed by atoms with Crippen molar-refractivity contribution in [3.8, 4) is 0 Å². The molecule has 0 spiro atoms. The van der Waals surface area contributed by atoms with Crippen LogP contribution in [0.5, 0.6) is 0 Å². The molecule has 4 heteroatoms. The highest BCUT2D eigenvalue weighted by Crippen LogP contribution is 2.31. The van der Waals surface area contributed by atoms with Crippen molar-refractivity contribution in [1.29, 1.82) is 0 Å². The van der Waals surface area contributed by atoms with Crippen LogP contribution < -0.4 is 0 Å². The number of rotatable bonds is 3. The Morgan fingerprint density at radius 3 is 2.42 bits per heavy atom. The smallest absolute Gasteiger partial charge is 0.184 e. The third kappa shape index (κ3) is 2.96. The van der Waals surface area contributed by atoms with E-state index in [9.17, 15) is 4.79 Å². The SMILES string of the molecule is CC(C)(C(=O)c1cccc(Cl)c1Cl)N1CCCCC1. The fourth-order valence-electron chi connectivity index (χ4n) is 2.61. The van der Waals surface area contributed by atoms with Gasteiger partial charge in [-0.3, -0.25) is 9.69 Å². The van der Waals surface area contributed by atoms with Crippen LogP contribution in [-0.4, -0.2) is 29.3 Å². The molecule has 1 aliphatic rings. The second-order valence-corrected chi connectivity index (χ2v) is 6.32. The minimum atomic E-state index is -0.533. The fraction of sp³-hybridized carbons (Fsp3) is 0.533. The van der Waals surface area contributed by atoms with Gasteiger partial charge < -0.3 is 0 Å². The molecule has 2 nitrogen and oxygen atoms in total. The number of carbonyl (C=O) groups is 1. The molecular formula is C15H19Cl2NO. The molecule has 0 aromatic heterocycles. The summed E-state index contributed by atoms with van der Waals surface area (Å²) in [6.45, 7) is 5.88. The summed E-state index contributed by atoms with van der Waals surface area (Å²) in [5.41, 5.74) is -0.0147. The maximum absolute atomic E-state index is 12.8. The van der Waals surface area contributed by atoms with E-state index in [0.717, 1.165) is 25.9 Å². The van der Waals surface area contributed by atoms with E-state index in [1.54, 1.807) is 18.2 Å². The van der Waals surface area contributed by atoms with E-state index in [0.29, 0.717) is 15.6 Å². The van der Waals surface area contributed by atoms with Gasteiger partial charge in [0.2, 0.25) is 0 Å². The normalized spacial score (nSPS) is 17.5. The Morgan fingerprint density at radius 1 is 1.16 bits per heavy atom. The first-order valence-corrected chi connectivity index (χ1v) is 7.44. The van der Waals surface area contributed by atoms with Crippen LogP contribution in [0.15, 0.2) is 18.2 Å². The summed E-state index contributed by atoms with van der Waals surface area (Å²) in [4.78, 5) is 15.0. The lowest BCUT2D eigenvalue weighted by atomic mass is 9.89. The Balaban J connectivity index is 2.29. The molecule has 0 aliphatic carbocycles. The summed E-state index contributed by atoms with van der Waals surface area (Å²) < 4.78 is 0. The van der Waals surface area contributed by atoms with Gasteiger partial charge in [-0.2, -0.15) is 0 Å². The molecule has 104 valence electrons. The summed E-state index contributed by atoms with van der Waals surface area (Å²) in [5, 5.41) is 0.793. The second kappa shape index (κ2) is 5.82. The number of hydrogen-bond donors (Lipinski definition) is 0. The molecule has 0 amide bonds. The summed E-state index contributed by atoms with van der Waals surface area (Å²) >= 11 is 12.2. The maximum atomic E-state index is 12.8. The molecule has 1 aromatic rings. The number of Topliss-reactive ketones (excluding diaryl/α,β-unsaturated/α-hetero) is 1. The zero-order valence-electron chi connectivity index (χ0n) is 11.4. The number of carbonyl (C=O) groups excluding carboxylic acids is 1. The van der Waals surface area contributed by atoms with E-state index in [4.69, 9.17) is 23.2 Å². The highest BCUT2D eigenvalue weighted by molar-refractivity contribution is 6.44. The van der Waals surface area contributed by atoms with Crippen molar-refractivity contribution in [3.05, 3.63) is 33.8 Å². The predicted molar refractivity (Wildman–Crippen MR) is 80.3 cm³/mol. The summed E-state index contributed by atoms with van der Waals surface area (Å²) in [6.07, 6.45) is 3.55. The van der Waals surface area contributed by atoms with Gasteiger partial charge in [-0.15, -0.1) is 0 Å². The van der Waals surface area contributed by atoms with Crippen molar-refractivity contribution in [1.82, 2.24) is 4.90 Å². The number of piperidine rings is 1. The lowest BCUT2D eigenvalue weighted by Gasteiger charge is -2.39. The quantitative estimate of drug-likeness (QED) is 0.769. The van der Waals surface area contributed by atoms with Crippen LogP contribution in [0.1, 0.15) is 43.5 Å². The predicted octanol–water partition coefficient (Wildman–Crippen LogP) is 4.44. The third-order valence-corrected chi connectivity index (χ3v) is 4.72. The van der Waals surface area contributed by atoms with Crippen molar-refractivity contribution < 1.29 is 4.79 Å². The average Bonchev–Trinajstić information content (AvgIpc) is 2.42. The van der Waals surface area contributed by atoms with Gasteiger partial charge in [0.25, 0.3) is 0 Å². The van der Waals surface area contributed by atoms with Gasteiger partial charge in [0, 0.05) is 5.56 Å². The van der Waals surface area contributed by atoms with Crippen molar-refractivity contribution >= 4 is 29.0 Å². The molecule has 0 bridgehead atoms. The van der Waals surface area contributed by atoms with Crippen LogP contribution in [0.3, 0.4) is 0 Å². The van der Waals surface area contributed by atoms with Gasteiger partial charge >= 0.3 is 0 Å². The Kier molecular flexibility index (Phi) is 4.54. The van der Waals surface area contributed by atoms with Gasteiger partial charge in [0.05, 0.1) is 15.6 Å². The van der Waals surface area contributed by atoms with Crippen molar-refractivity contribution in [2.45, 2.75) is 38.6 Å². The van der Waals surface area contributed by atoms with Crippen LogP contribution in [0, 0.1) is 0 Å². The molecule has 1 saturated heterocycles. The van der Waals surface area contributed by atoms with Gasteiger partial charge in [-0.1, -0.05) is 35.7 Å². The van der Waals surface area contributed by atoms with Crippen molar-refractivity contribution in [2.75, 3.05) is 13.1 Å². The van der Waals surface area contributed by atoms with Crippen LogP contribution in [0.2, 0.25) is 10.0 Å². The molecule has 2 rings (SSSR count). The Hall–Kier alpha value is -0.570. The molecule has 0 saturated carbocycles. The minimum absolute atomic E-state index is 0.0434. The fourth-order valence-corrected chi connectivity index (χ4v) is 2.99. The molecule has 1 aliphatic heterocycles. The third-order valence-electron chi connectivity index (χ3n) is 3.90. The highest BCUT2D eigenvalue weighted by atomic mass is 35.5. The lowest BCUT2D eigenvalue weighted by molar-refractivity contribution is 0.0579. The Labute approximate surface area is 124 Å². The van der Waals surface area contributed by atoms with E-state index >= 15 is 0 Å². The van der Waals surface area contributed by atoms with Gasteiger partial charge in [-0.05, 0) is 51.9 Å². The van der Waals surface area contributed by atoms with Crippen LogP contribution >= 0.6 is 23.2 Å². The number of ketones is 1. The number of nitrogens with zero attached hydrogens (tertiary/aromatic N) is 1. The van der Waals surface area contributed by atoms with E-state index in [2.05, 4.69) is 4.90 Å². The number of likely N-dealkylation sites (tertiary alicyclic amines) is 1. The molecule has 0 unspecified atom stereocenters. The van der Waals surface area contributed by atoms with E-state index < -0.39 is 5.54 Å². The number of halogens is 2. The molecule has 0 N–H and O–H groups in total. The highest BCUT2D eigenvalue weighted by Gasteiger charge is 2.36. The molecular weight excluding hydrogens is 281 g/mol. The monoisotopic (exact) mass is 299 g/mol. The van der Waals surface area contributed by atoms with Crippen molar-refractivity contribution in [3.63, 3.8) is 0 Å². The van der Waals surface area contributed by atoms with Crippen LogP contribution in [0.4, 0.5) is 0 Å². The first-order valence-electron chi connectivity index (χ1n) is 6.68. The average molecular weight is 300 g/mol.